The van der Waals surface area contributed by atoms with Gasteiger partial charge in [-0.2, -0.15) is 0 Å². The molecule has 2 aliphatic rings. The summed E-state index contributed by atoms with van der Waals surface area (Å²) in [6.45, 7) is 0.966. The fraction of sp³-hybridized carbons (Fsp3) is 0.182. The summed E-state index contributed by atoms with van der Waals surface area (Å²) in [5, 5.41) is 0. The number of hydrogen-bond donors (Lipinski definition) is 0. The smallest absolute Gasteiger partial charge is 0.0613 e. The third-order valence-corrected chi connectivity index (χ3v) is 2.55. The van der Waals surface area contributed by atoms with Crippen LogP contribution in [-0.2, 0) is 6.42 Å². The Hall–Kier alpha value is -1.57. The van der Waals surface area contributed by atoms with Crippen LogP contribution in [0.2, 0.25) is 0 Å². The predicted octanol–water partition coefficient (Wildman–Crippen LogP) is 1.97. The number of hydrogen-bond acceptors (Lipinski definition) is 2. The lowest BCUT2D eigenvalue weighted by Crippen LogP contribution is -2.33. The van der Waals surface area contributed by atoms with E-state index in [1.807, 2.05) is 12.4 Å². The van der Waals surface area contributed by atoms with E-state index < -0.39 is 0 Å². The highest BCUT2D eigenvalue weighted by Crippen LogP contribution is 2.27. The summed E-state index contributed by atoms with van der Waals surface area (Å²) >= 11 is 0. The Morgan fingerprint density at radius 3 is 3.15 bits per heavy atom. The molecule has 2 bridgehead atoms. The Bertz CT molecular complexity index is 404. The Balaban J connectivity index is 2.19. The van der Waals surface area contributed by atoms with Gasteiger partial charge in [0.2, 0.25) is 0 Å². The van der Waals surface area contributed by atoms with Crippen LogP contribution in [0.3, 0.4) is 0 Å². The van der Waals surface area contributed by atoms with E-state index in [1.54, 1.807) is 0 Å². The number of aliphatic imine (C=N–C) groups is 1. The fourth-order valence-electron chi connectivity index (χ4n) is 1.94. The molecule has 0 radical (unpaired) electrons. The van der Waals surface area contributed by atoms with Crippen molar-refractivity contribution in [2.45, 2.75) is 6.42 Å². The molecule has 0 spiro atoms. The predicted molar refractivity (Wildman–Crippen MR) is 54.1 cm³/mol. The van der Waals surface area contributed by atoms with Crippen LogP contribution in [0.4, 0.5) is 5.69 Å². The minimum atomic E-state index is 0.966. The summed E-state index contributed by atoms with van der Waals surface area (Å²) < 4.78 is 0. The first-order chi connectivity index (χ1) is 6.43. The van der Waals surface area contributed by atoms with Crippen molar-refractivity contribution in [3.63, 3.8) is 0 Å². The molecule has 0 amide bonds. The van der Waals surface area contributed by atoms with E-state index in [4.69, 9.17) is 0 Å². The second-order valence-electron chi connectivity index (χ2n) is 3.43. The van der Waals surface area contributed by atoms with Crippen LogP contribution in [0.15, 0.2) is 41.7 Å². The summed E-state index contributed by atoms with van der Waals surface area (Å²) in [5.41, 5.74) is 3.98. The zero-order valence-corrected chi connectivity index (χ0v) is 7.27. The molecule has 0 aliphatic carbocycles. The molecular weight excluding hydrogens is 160 g/mol. The molecule has 3 rings (SSSR count). The Labute approximate surface area is 77.2 Å². The fourth-order valence-corrected chi connectivity index (χ4v) is 1.94. The molecule has 1 aromatic rings. The van der Waals surface area contributed by atoms with E-state index in [0.29, 0.717) is 0 Å². The van der Waals surface area contributed by atoms with Crippen molar-refractivity contribution < 1.29 is 0 Å². The highest BCUT2D eigenvalue weighted by Gasteiger charge is 2.20. The molecule has 2 heteroatoms. The van der Waals surface area contributed by atoms with Gasteiger partial charge in [-0.1, -0.05) is 18.2 Å². The molecule has 2 nitrogen and oxygen atoms in total. The number of para-hydroxylation sites is 1. The van der Waals surface area contributed by atoms with Gasteiger partial charge in [0.15, 0.2) is 0 Å². The molecule has 0 N–H and O–H groups in total. The normalized spacial score (nSPS) is 18.2. The summed E-state index contributed by atoms with van der Waals surface area (Å²) in [7, 11) is 0. The number of benzene rings is 1. The van der Waals surface area contributed by atoms with Gasteiger partial charge in [-0.3, -0.25) is 4.99 Å². The average Bonchev–Trinajstić information content (AvgIpc) is 2.18. The molecule has 13 heavy (non-hydrogen) atoms. The van der Waals surface area contributed by atoms with Gasteiger partial charge in [0, 0.05) is 30.2 Å². The highest BCUT2D eigenvalue weighted by atomic mass is 15.1. The maximum Gasteiger partial charge on any atom is 0.0613 e. The van der Waals surface area contributed by atoms with Crippen molar-refractivity contribution in [1.82, 2.24) is 0 Å². The van der Waals surface area contributed by atoms with Crippen LogP contribution >= 0.6 is 0 Å². The van der Waals surface area contributed by atoms with Crippen molar-refractivity contribution >= 4 is 11.4 Å². The Morgan fingerprint density at radius 1 is 1.23 bits per heavy atom. The second-order valence-corrected chi connectivity index (χ2v) is 3.43. The molecule has 64 valence electrons. The zero-order valence-electron chi connectivity index (χ0n) is 7.27. The minimum Gasteiger partial charge on any atom is -0.341 e. The third-order valence-electron chi connectivity index (χ3n) is 2.55. The maximum absolute atomic E-state index is 4.34. The summed E-state index contributed by atoms with van der Waals surface area (Å²) in [4.78, 5) is 6.59. The van der Waals surface area contributed by atoms with Crippen LogP contribution in [0, 0.1) is 0 Å². The van der Waals surface area contributed by atoms with Gasteiger partial charge >= 0.3 is 0 Å². The number of anilines is 1. The van der Waals surface area contributed by atoms with Crippen molar-refractivity contribution in [3.05, 3.63) is 42.2 Å². The monoisotopic (exact) mass is 170 g/mol. The molecule has 2 aliphatic heterocycles. The van der Waals surface area contributed by atoms with E-state index in [0.717, 1.165) is 13.0 Å². The van der Waals surface area contributed by atoms with Gasteiger partial charge in [0.05, 0.1) is 6.54 Å². The van der Waals surface area contributed by atoms with E-state index >= 15 is 0 Å². The Morgan fingerprint density at radius 2 is 2.15 bits per heavy atom. The lowest BCUT2D eigenvalue weighted by atomic mass is 10.00. The maximum atomic E-state index is 4.34. The SMILES string of the molecule is C1=CN2CC(=N1)Cc1ccccc12. The van der Waals surface area contributed by atoms with Crippen molar-refractivity contribution in [3.8, 4) is 0 Å². The molecule has 1 aromatic carbocycles. The summed E-state index contributed by atoms with van der Waals surface area (Å²) in [5.74, 6) is 0. The zero-order chi connectivity index (χ0) is 8.67. The molecular formula is C11H10N2. The van der Waals surface area contributed by atoms with E-state index in [-0.39, 0.29) is 0 Å². The molecule has 0 saturated heterocycles. The first-order valence-corrected chi connectivity index (χ1v) is 4.50. The van der Waals surface area contributed by atoms with Gasteiger partial charge in [-0.05, 0) is 11.6 Å². The van der Waals surface area contributed by atoms with Crippen molar-refractivity contribution in [2.24, 2.45) is 4.99 Å². The van der Waals surface area contributed by atoms with Crippen LogP contribution in [-0.4, -0.2) is 12.3 Å². The molecule has 0 fully saturated rings. The van der Waals surface area contributed by atoms with Crippen LogP contribution < -0.4 is 4.90 Å². The topological polar surface area (TPSA) is 15.6 Å². The summed E-state index contributed by atoms with van der Waals surface area (Å²) in [6, 6.07) is 8.52. The number of fused-ring (bicyclic) bond motifs is 4. The van der Waals surface area contributed by atoms with Crippen LogP contribution in [0.25, 0.3) is 0 Å². The largest absolute Gasteiger partial charge is 0.341 e. The van der Waals surface area contributed by atoms with Gasteiger partial charge < -0.3 is 4.90 Å². The second kappa shape index (κ2) is 2.46. The quantitative estimate of drug-likeness (QED) is 0.581. The lowest BCUT2D eigenvalue weighted by Gasteiger charge is -2.30. The standard InChI is InChI=1S/C11H10N2/c1-2-4-11-9(3-1)7-10-8-13(11)6-5-12-10/h1-6H,7-8H2. The molecule has 0 saturated carbocycles. The first kappa shape index (κ1) is 6.89. The van der Waals surface area contributed by atoms with E-state index in [1.165, 1.54) is 17.0 Å². The van der Waals surface area contributed by atoms with Gasteiger partial charge in [0.25, 0.3) is 0 Å². The van der Waals surface area contributed by atoms with Crippen LogP contribution in [0.1, 0.15) is 5.56 Å². The molecule has 0 atom stereocenters. The number of nitrogens with zero attached hydrogens (tertiary/aromatic N) is 2. The molecule has 2 heterocycles. The van der Waals surface area contributed by atoms with Crippen molar-refractivity contribution in [1.29, 1.82) is 0 Å². The van der Waals surface area contributed by atoms with Gasteiger partial charge in [0.1, 0.15) is 0 Å². The first-order valence-electron chi connectivity index (χ1n) is 4.50. The van der Waals surface area contributed by atoms with E-state index in [9.17, 15) is 0 Å². The number of rotatable bonds is 0. The molecule has 0 aromatic heterocycles. The van der Waals surface area contributed by atoms with E-state index in [2.05, 4.69) is 34.2 Å². The third kappa shape index (κ3) is 0.985. The molecule has 0 unspecified atom stereocenters. The Kier molecular flexibility index (Phi) is 1.30. The van der Waals surface area contributed by atoms with Crippen molar-refractivity contribution in [2.75, 3.05) is 11.4 Å². The highest BCUT2D eigenvalue weighted by molar-refractivity contribution is 5.96. The van der Waals surface area contributed by atoms with Crippen LogP contribution in [0.5, 0.6) is 0 Å². The lowest BCUT2D eigenvalue weighted by molar-refractivity contribution is 1.00. The average molecular weight is 170 g/mol. The van der Waals surface area contributed by atoms with Gasteiger partial charge in [-0.15, -0.1) is 0 Å². The van der Waals surface area contributed by atoms with Gasteiger partial charge in [-0.25, -0.2) is 0 Å². The summed E-state index contributed by atoms with van der Waals surface area (Å²) in [6.07, 6.45) is 4.94. The minimum absolute atomic E-state index is 0.966.